The number of nitrogens with zero attached hydrogens (tertiary/aromatic N) is 2. The molecule has 2 nitrogen and oxygen atoms in total. The van der Waals surface area contributed by atoms with E-state index in [2.05, 4.69) is 199 Å². The molecule has 3 aliphatic heterocycles. The van der Waals surface area contributed by atoms with E-state index < -0.39 is 0 Å². The highest BCUT2D eigenvalue weighted by Crippen LogP contribution is 2.64. The Labute approximate surface area is 414 Å². The van der Waals surface area contributed by atoms with Crippen molar-refractivity contribution in [2.75, 3.05) is 9.80 Å². The number of anilines is 5. The Morgan fingerprint density at radius 3 is 2.14 bits per heavy atom. The molecule has 69 heavy (non-hydrogen) atoms. The van der Waals surface area contributed by atoms with Gasteiger partial charge in [0.05, 0.1) is 5.54 Å². The summed E-state index contributed by atoms with van der Waals surface area (Å²) in [5.41, 5.74) is 23.5. The largest absolute Gasteiger partial charge is 0.334 e. The molecule has 3 aliphatic carbocycles. The van der Waals surface area contributed by atoms with Crippen LogP contribution in [-0.2, 0) is 16.2 Å². The van der Waals surface area contributed by atoms with E-state index >= 15 is 0 Å². The fourth-order valence-corrected chi connectivity index (χ4v) is 16.9. The first-order valence-corrected chi connectivity index (χ1v) is 27.2. The van der Waals surface area contributed by atoms with E-state index in [0.717, 1.165) is 0 Å². The van der Waals surface area contributed by atoms with Crippen molar-refractivity contribution in [2.24, 2.45) is 5.41 Å². The lowest BCUT2D eigenvalue weighted by molar-refractivity contribution is 0.0602. The third kappa shape index (κ3) is 5.62. The Hall–Kier alpha value is -5.58. The second-order valence-corrected chi connectivity index (χ2v) is 25.5. The molecule has 5 atom stereocenters. The first kappa shape index (κ1) is 42.3. The predicted octanol–water partition coefficient (Wildman–Crippen LogP) is 16.1. The van der Waals surface area contributed by atoms with Crippen LogP contribution < -0.4 is 26.2 Å². The molecule has 5 unspecified atom stereocenters. The Balaban J connectivity index is 1.05. The van der Waals surface area contributed by atoms with Crippen LogP contribution in [0.3, 0.4) is 0 Å². The summed E-state index contributed by atoms with van der Waals surface area (Å²) in [6.45, 7) is 20.4. The number of thiophene rings is 1. The molecular weight excluding hydrogens is 852 g/mol. The van der Waals surface area contributed by atoms with Crippen LogP contribution in [0.1, 0.15) is 146 Å². The molecule has 0 bridgehead atoms. The van der Waals surface area contributed by atoms with Gasteiger partial charge < -0.3 is 9.80 Å². The van der Waals surface area contributed by atoms with Crippen LogP contribution in [-0.4, -0.2) is 12.3 Å². The molecular formula is C65H65BN2S. The maximum absolute atomic E-state index is 2.81. The molecule has 14 rings (SSSR count). The molecule has 0 amide bonds. The standard InChI is InChI=1S/C65H65BN2S/c1-40-32-48-49-39-62(5)28-14-15-29-63(62,6)51-35-43(61(2,3)4)36-53(59(49)51)66-52-26-24-45(68-54-27-22-42(41-18-10-9-11-19-41)34-50(54)64(7)30-16-17-31-65(64,68)8)37-55(52)67(56(33-40)60(48)66)44-23-25-47-46-20-12-13-21-57(46)69-58(47)38-44/h9-13,18-27,32-38,49H,14-17,28-31,39H2,1-8H3. The van der Waals surface area contributed by atoms with Crippen molar-refractivity contribution in [1.29, 1.82) is 0 Å². The molecule has 344 valence electrons. The first-order valence-electron chi connectivity index (χ1n) is 26.4. The van der Waals surface area contributed by atoms with E-state index in [4.69, 9.17) is 0 Å². The second kappa shape index (κ2) is 14.3. The lowest BCUT2D eigenvalue weighted by Gasteiger charge is -2.59. The van der Waals surface area contributed by atoms with Gasteiger partial charge in [0.25, 0.3) is 0 Å². The van der Waals surface area contributed by atoms with E-state index in [-0.39, 0.29) is 33.9 Å². The zero-order valence-corrected chi connectivity index (χ0v) is 42.8. The minimum absolute atomic E-state index is 0.0142. The molecule has 8 aromatic rings. The quantitative estimate of drug-likeness (QED) is 0.163. The maximum atomic E-state index is 2.81. The Morgan fingerprint density at radius 1 is 0.580 bits per heavy atom. The van der Waals surface area contributed by atoms with Crippen LogP contribution in [0, 0.1) is 12.3 Å². The van der Waals surface area contributed by atoms with Gasteiger partial charge in [0.15, 0.2) is 0 Å². The number of fused-ring (bicyclic) bond motifs is 12. The molecule has 2 fully saturated rings. The molecule has 0 radical (unpaired) electrons. The maximum Gasteiger partial charge on any atom is 0.247 e. The van der Waals surface area contributed by atoms with Gasteiger partial charge in [0.1, 0.15) is 0 Å². The molecule has 0 saturated heterocycles. The summed E-state index contributed by atoms with van der Waals surface area (Å²) in [4.78, 5) is 5.53. The summed E-state index contributed by atoms with van der Waals surface area (Å²) in [5, 5.41) is 2.71. The lowest BCUT2D eigenvalue weighted by atomic mass is 9.29. The van der Waals surface area contributed by atoms with Gasteiger partial charge in [-0.3, -0.25) is 0 Å². The minimum atomic E-state index is -0.0749. The first-order chi connectivity index (χ1) is 33.2. The van der Waals surface area contributed by atoms with Crippen LogP contribution in [0.2, 0.25) is 0 Å². The monoisotopic (exact) mass is 916 g/mol. The van der Waals surface area contributed by atoms with Gasteiger partial charge in [-0.25, -0.2) is 0 Å². The van der Waals surface area contributed by atoms with Crippen molar-refractivity contribution >= 4 is 83.0 Å². The Kier molecular flexibility index (Phi) is 8.76. The summed E-state index contributed by atoms with van der Waals surface area (Å²) >= 11 is 1.93. The van der Waals surface area contributed by atoms with E-state index in [1.165, 1.54) is 140 Å². The third-order valence-corrected chi connectivity index (χ3v) is 21.0. The minimum Gasteiger partial charge on any atom is -0.334 e. The van der Waals surface area contributed by atoms with Crippen LogP contribution >= 0.6 is 11.3 Å². The highest BCUT2D eigenvalue weighted by Gasteiger charge is 2.59. The molecule has 4 heteroatoms. The van der Waals surface area contributed by atoms with Gasteiger partial charge in [-0.1, -0.05) is 158 Å². The van der Waals surface area contributed by atoms with Gasteiger partial charge in [-0.2, -0.15) is 0 Å². The van der Waals surface area contributed by atoms with Crippen molar-refractivity contribution < 1.29 is 0 Å². The van der Waals surface area contributed by atoms with E-state index in [1.54, 1.807) is 27.6 Å². The molecule has 1 aromatic heterocycles. The van der Waals surface area contributed by atoms with Crippen LogP contribution in [0.25, 0.3) is 31.3 Å². The van der Waals surface area contributed by atoms with Crippen molar-refractivity contribution in [3.05, 3.63) is 167 Å². The topological polar surface area (TPSA) is 6.48 Å². The van der Waals surface area contributed by atoms with Gasteiger partial charge in [0, 0.05) is 59.9 Å². The highest BCUT2D eigenvalue weighted by molar-refractivity contribution is 7.25. The SMILES string of the molecule is Cc1cc2c3c(c1)N(c1ccc4c(c1)sc1ccccc14)c1cc(N4c5ccc(-c6ccccc6)cc5C5(C)CCCCC45C)ccc1B3c1cc(C(C)(C)C)cc3c1C2CC1(C)CCCCC31C. The molecule has 6 aliphatic rings. The fraction of sp³-hybridized carbons (Fsp3) is 0.354. The van der Waals surface area contributed by atoms with Gasteiger partial charge in [-0.15, -0.1) is 11.3 Å². The van der Waals surface area contributed by atoms with Gasteiger partial charge in [0.2, 0.25) is 6.71 Å². The smallest absolute Gasteiger partial charge is 0.247 e. The normalized spacial score (nSPS) is 26.3. The molecule has 0 spiro atoms. The molecule has 7 aromatic carbocycles. The van der Waals surface area contributed by atoms with Crippen molar-refractivity contribution in [2.45, 2.75) is 141 Å². The molecule has 2 saturated carbocycles. The summed E-state index contributed by atoms with van der Waals surface area (Å²) in [5.74, 6) is 0.378. The average Bonchev–Trinajstić information content (AvgIpc) is 3.81. The third-order valence-electron chi connectivity index (χ3n) is 19.9. The summed E-state index contributed by atoms with van der Waals surface area (Å²) < 4.78 is 2.71. The number of hydrogen-bond donors (Lipinski definition) is 0. The highest BCUT2D eigenvalue weighted by atomic mass is 32.1. The zero-order valence-electron chi connectivity index (χ0n) is 42.0. The Morgan fingerprint density at radius 2 is 1.32 bits per heavy atom. The van der Waals surface area contributed by atoms with E-state index in [1.807, 2.05) is 11.3 Å². The zero-order chi connectivity index (χ0) is 47.0. The van der Waals surface area contributed by atoms with Crippen LogP contribution in [0.15, 0.2) is 133 Å². The molecule has 4 heterocycles. The van der Waals surface area contributed by atoms with E-state index in [9.17, 15) is 0 Å². The summed E-state index contributed by atoms with van der Waals surface area (Å²) in [6, 6.07) is 53.1. The van der Waals surface area contributed by atoms with Crippen molar-refractivity contribution in [3.8, 4) is 11.1 Å². The molecule has 0 N–H and O–H groups in total. The van der Waals surface area contributed by atoms with Gasteiger partial charge in [-0.05, 0) is 166 Å². The number of benzene rings is 7. The Bertz CT molecular complexity index is 3490. The van der Waals surface area contributed by atoms with E-state index in [0.29, 0.717) is 5.92 Å². The second-order valence-electron chi connectivity index (χ2n) is 24.5. The number of rotatable bonds is 3. The van der Waals surface area contributed by atoms with Crippen molar-refractivity contribution in [1.82, 2.24) is 0 Å². The van der Waals surface area contributed by atoms with Gasteiger partial charge >= 0.3 is 0 Å². The number of hydrogen-bond acceptors (Lipinski definition) is 3. The van der Waals surface area contributed by atoms with Crippen LogP contribution in [0.4, 0.5) is 28.4 Å². The lowest BCUT2D eigenvalue weighted by Crippen LogP contribution is -2.64. The number of aryl methyl sites for hydroxylation is 1. The average molecular weight is 917 g/mol. The fourth-order valence-electron chi connectivity index (χ4n) is 15.8. The van der Waals surface area contributed by atoms with Crippen LogP contribution in [0.5, 0.6) is 0 Å². The van der Waals surface area contributed by atoms with Crippen molar-refractivity contribution in [3.63, 3.8) is 0 Å². The predicted molar refractivity (Wildman–Crippen MR) is 297 cm³/mol. The summed E-state index contributed by atoms with van der Waals surface area (Å²) in [6.07, 6.45) is 11.4. The summed E-state index contributed by atoms with van der Waals surface area (Å²) in [7, 11) is 0.